The Morgan fingerprint density at radius 1 is 1.24 bits per heavy atom. The normalized spacial score (nSPS) is 12.2. The van der Waals surface area contributed by atoms with Crippen molar-refractivity contribution in [2.24, 2.45) is 5.92 Å². The molecule has 1 atom stereocenters. The average Bonchev–Trinajstić information content (AvgIpc) is 2.50. The van der Waals surface area contributed by atoms with Crippen LogP contribution in [0.15, 0.2) is 18.2 Å². The molecule has 0 radical (unpaired) electrons. The van der Waals surface area contributed by atoms with Gasteiger partial charge in [0.05, 0.1) is 20.3 Å². The van der Waals surface area contributed by atoms with E-state index in [1.54, 1.807) is 14.2 Å². The van der Waals surface area contributed by atoms with Crippen molar-refractivity contribution in [1.29, 1.82) is 0 Å². The van der Waals surface area contributed by atoms with Crippen molar-refractivity contribution >= 4 is 0 Å². The Labute approximate surface area is 128 Å². The smallest absolute Gasteiger partial charge is 0.124 e. The summed E-state index contributed by atoms with van der Waals surface area (Å²) in [5.74, 6) is 2.36. The van der Waals surface area contributed by atoms with E-state index in [0.29, 0.717) is 12.5 Å². The summed E-state index contributed by atoms with van der Waals surface area (Å²) in [5.41, 5.74) is 1.12. The number of hydrogen-bond acceptors (Lipinski definition) is 4. The van der Waals surface area contributed by atoms with E-state index < -0.39 is 0 Å². The van der Waals surface area contributed by atoms with E-state index in [4.69, 9.17) is 14.2 Å². The van der Waals surface area contributed by atoms with Crippen LogP contribution in [0.2, 0.25) is 0 Å². The van der Waals surface area contributed by atoms with Gasteiger partial charge in [0.25, 0.3) is 0 Å². The molecule has 0 aromatic heterocycles. The first kappa shape index (κ1) is 17.8. The lowest BCUT2D eigenvalue weighted by Crippen LogP contribution is -2.19. The van der Waals surface area contributed by atoms with Crippen molar-refractivity contribution in [3.8, 4) is 11.5 Å². The van der Waals surface area contributed by atoms with E-state index >= 15 is 0 Å². The van der Waals surface area contributed by atoms with Crippen LogP contribution in [0.1, 0.15) is 32.3 Å². The number of methoxy groups -OCH3 is 2. The highest BCUT2D eigenvalue weighted by atomic mass is 16.5. The van der Waals surface area contributed by atoms with Crippen LogP contribution in [-0.4, -0.2) is 34.0 Å². The van der Waals surface area contributed by atoms with Crippen molar-refractivity contribution in [2.75, 3.05) is 34.0 Å². The lowest BCUT2D eigenvalue weighted by molar-refractivity contribution is 0.198. The largest absolute Gasteiger partial charge is 0.497 e. The van der Waals surface area contributed by atoms with E-state index in [1.165, 1.54) is 12.8 Å². The summed E-state index contributed by atoms with van der Waals surface area (Å²) in [6.07, 6.45) is 2.39. The molecule has 120 valence electrons. The summed E-state index contributed by atoms with van der Waals surface area (Å²) in [7, 11) is 3.39. The Balaban J connectivity index is 2.62. The monoisotopic (exact) mass is 295 g/mol. The zero-order valence-electron chi connectivity index (χ0n) is 13.8. The van der Waals surface area contributed by atoms with Crippen LogP contribution in [0.25, 0.3) is 0 Å². The fourth-order valence-electron chi connectivity index (χ4n) is 2.17. The molecule has 4 nitrogen and oxygen atoms in total. The number of hydrogen-bond donors (Lipinski definition) is 1. The summed E-state index contributed by atoms with van der Waals surface area (Å²) in [5, 5.41) is 3.35. The van der Waals surface area contributed by atoms with E-state index in [9.17, 15) is 0 Å². The number of nitrogens with one attached hydrogen (secondary N) is 1. The van der Waals surface area contributed by atoms with Crippen LogP contribution in [0, 0.1) is 5.92 Å². The van der Waals surface area contributed by atoms with Crippen molar-refractivity contribution < 1.29 is 14.2 Å². The van der Waals surface area contributed by atoms with Gasteiger partial charge in [-0.15, -0.1) is 0 Å². The SMILES string of the molecule is CCCC(C)COc1ccc(OC)cc1CNCCOC. The third-order valence-electron chi connectivity index (χ3n) is 3.37. The van der Waals surface area contributed by atoms with E-state index in [1.807, 2.05) is 18.2 Å². The molecule has 0 saturated heterocycles. The van der Waals surface area contributed by atoms with Crippen LogP contribution in [0.3, 0.4) is 0 Å². The first-order valence-electron chi connectivity index (χ1n) is 7.70. The second-order valence-electron chi connectivity index (χ2n) is 5.35. The molecule has 21 heavy (non-hydrogen) atoms. The zero-order chi connectivity index (χ0) is 15.5. The standard InChI is InChI=1S/C17H29NO3/c1-5-6-14(2)13-21-17-8-7-16(20-4)11-15(17)12-18-9-10-19-3/h7-8,11,14,18H,5-6,9-10,12-13H2,1-4H3. The van der Waals surface area contributed by atoms with E-state index in [0.717, 1.165) is 36.8 Å². The lowest BCUT2D eigenvalue weighted by Gasteiger charge is -2.16. The number of benzene rings is 1. The molecule has 0 bridgehead atoms. The molecular formula is C17H29NO3. The average molecular weight is 295 g/mol. The van der Waals surface area contributed by atoms with Crippen LogP contribution in [-0.2, 0) is 11.3 Å². The summed E-state index contributed by atoms with van der Waals surface area (Å²) in [4.78, 5) is 0. The quantitative estimate of drug-likeness (QED) is 0.636. The first-order valence-corrected chi connectivity index (χ1v) is 7.70. The van der Waals surface area contributed by atoms with Crippen molar-refractivity contribution in [2.45, 2.75) is 33.2 Å². The minimum absolute atomic E-state index is 0.575. The molecule has 0 fully saturated rings. The third kappa shape index (κ3) is 6.82. The van der Waals surface area contributed by atoms with Gasteiger partial charge in [0.1, 0.15) is 11.5 Å². The molecule has 1 unspecified atom stereocenters. The molecule has 1 aromatic rings. The molecule has 0 spiro atoms. The Morgan fingerprint density at radius 2 is 2.05 bits per heavy atom. The molecule has 4 heteroatoms. The Morgan fingerprint density at radius 3 is 2.71 bits per heavy atom. The van der Waals surface area contributed by atoms with E-state index in [2.05, 4.69) is 19.2 Å². The molecule has 0 aliphatic carbocycles. The van der Waals surface area contributed by atoms with Gasteiger partial charge in [0.2, 0.25) is 0 Å². The van der Waals surface area contributed by atoms with Crippen LogP contribution in [0.5, 0.6) is 11.5 Å². The Hall–Kier alpha value is -1.26. The molecule has 1 N–H and O–H groups in total. The van der Waals surface area contributed by atoms with Crippen molar-refractivity contribution in [1.82, 2.24) is 5.32 Å². The highest BCUT2D eigenvalue weighted by molar-refractivity contribution is 5.40. The van der Waals surface area contributed by atoms with Gasteiger partial charge in [-0.1, -0.05) is 20.3 Å². The minimum atomic E-state index is 0.575. The predicted molar refractivity (Wildman–Crippen MR) is 86.1 cm³/mol. The Kier molecular flexibility index (Phi) is 8.87. The maximum atomic E-state index is 5.98. The zero-order valence-corrected chi connectivity index (χ0v) is 13.8. The molecule has 1 rings (SSSR count). The van der Waals surface area contributed by atoms with Gasteiger partial charge < -0.3 is 19.5 Å². The summed E-state index contributed by atoms with van der Waals surface area (Å²) < 4.78 is 16.3. The fraction of sp³-hybridized carbons (Fsp3) is 0.647. The van der Waals surface area contributed by atoms with Gasteiger partial charge in [0, 0.05) is 25.8 Å². The highest BCUT2D eigenvalue weighted by Gasteiger charge is 2.08. The second kappa shape index (κ2) is 10.5. The maximum absolute atomic E-state index is 5.98. The van der Waals surface area contributed by atoms with Gasteiger partial charge in [-0.25, -0.2) is 0 Å². The van der Waals surface area contributed by atoms with Crippen molar-refractivity contribution in [3.05, 3.63) is 23.8 Å². The molecule has 0 aliphatic rings. The van der Waals surface area contributed by atoms with Crippen molar-refractivity contribution in [3.63, 3.8) is 0 Å². The summed E-state index contributed by atoms with van der Waals surface area (Å²) >= 11 is 0. The van der Waals surface area contributed by atoms with E-state index in [-0.39, 0.29) is 0 Å². The van der Waals surface area contributed by atoms with Gasteiger partial charge in [-0.3, -0.25) is 0 Å². The fourth-order valence-corrected chi connectivity index (χ4v) is 2.17. The molecule has 0 heterocycles. The lowest BCUT2D eigenvalue weighted by atomic mass is 10.1. The molecule has 0 amide bonds. The summed E-state index contributed by atoms with van der Waals surface area (Å²) in [6, 6.07) is 5.96. The second-order valence-corrected chi connectivity index (χ2v) is 5.35. The Bertz CT molecular complexity index is 396. The highest BCUT2D eigenvalue weighted by Crippen LogP contribution is 2.25. The van der Waals surface area contributed by atoms with Crippen LogP contribution < -0.4 is 14.8 Å². The molecule has 0 saturated carbocycles. The third-order valence-corrected chi connectivity index (χ3v) is 3.37. The molecule has 1 aromatic carbocycles. The minimum Gasteiger partial charge on any atom is -0.497 e. The van der Waals surface area contributed by atoms with Crippen LogP contribution >= 0.6 is 0 Å². The molecule has 0 aliphatic heterocycles. The summed E-state index contributed by atoms with van der Waals surface area (Å²) in [6.45, 7) is 7.45. The van der Waals surface area contributed by atoms with Gasteiger partial charge >= 0.3 is 0 Å². The van der Waals surface area contributed by atoms with Gasteiger partial charge in [-0.05, 0) is 30.5 Å². The van der Waals surface area contributed by atoms with Gasteiger partial charge in [0.15, 0.2) is 0 Å². The molecular weight excluding hydrogens is 266 g/mol. The number of ether oxygens (including phenoxy) is 3. The van der Waals surface area contributed by atoms with Crippen LogP contribution in [0.4, 0.5) is 0 Å². The van der Waals surface area contributed by atoms with Gasteiger partial charge in [-0.2, -0.15) is 0 Å². The predicted octanol–water partition coefficient (Wildman–Crippen LogP) is 3.25. The topological polar surface area (TPSA) is 39.7 Å². The maximum Gasteiger partial charge on any atom is 0.124 e. The number of rotatable bonds is 11. The first-order chi connectivity index (χ1) is 10.2.